The topological polar surface area (TPSA) is 40.5 Å². The Morgan fingerprint density at radius 1 is 0.609 bits per heavy atom. The third kappa shape index (κ3) is 3.67. The molecule has 0 saturated heterocycles. The Labute approximate surface area is 136 Å². The van der Waals surface area contributed by atoms with Crippen LogP contribution >= 0.6 is 0 Å². The van der Waals surface area contributed by atoms with Gasteiger partial charge in [0.1, 0.15) is 0 Å². The standard InChI is InChI=1S/C21H20O2/c22-21(23,16-17-10-4-1-5-11-17)20(18-12-6-2-7-13-18)19-14-8-3-9-15-19/h1-15,20,22-23H,16H2. The zero-order valence-electron chi connectivity index (χ0n) is 12.8. The first-order chi connectivity index (χ1) is 11.2. The minimum Gasteiger partial charge on any atom is -0.365 e. The van der Waals surface area contributed by atoms with Crippen LogP contribution < -0.4 is 0 Å². The van der Waals surface area contributed by atoms with Crippen LogP contribution in [0.25, 0.3) is 0 Å². The highest BCUT2D eigenvalue weighted by molar-refractivity contribution is 5.35. The Bertz CT molecular complexity index is 682. The molecule has 0 radical (unpaired) electrons. The van der Waals surface area contributed by atoms with E-state index in [1.807, 2.05) is 91.0 Å². The minimum absolute atomic E-state index is 0.169. The zero-order chi connectivity index (χ0) is 16.1. The second kappa shape index (κ2) is 6.78. The number of hydrogen-bond donors (Lipinski definition) is 2. The molecule has 116 valence electrons. The Balaban J connectivity index is 2.01. The predicted molar refractivity (Wildman–Crippen MR) is 92.0 cm³/mol. The summed E-state index contributed by atoms with van der Waals surface area (Å²) in [6.07, 6.45) is 0.169. The average Bonchev–Trinajstić information content (AvgIpc) is 2.57. The van der Waals surface area contributed by atoms with Crippen molar-refractivity contribution in [1.29, 1.82) is 0 Å². The Hall–Kier alpha value is -2.42. The summed E-state index contributed by atoms with van der Waals surface area (Å²) in [6, 6.07) is 28.8. The van der Waals surface area contributed by atoms with Gasteiger partial charge in [-0.15, -0.1) is 0 Å². The highest BCUT2D eigenvalue weighted by Crippen LogP contribution is 2.35. The molecule has 2 nitrogen and oxygen atoms in total. The highest BCUT2D eigenvalue weighted by atomic mass is 16.5. The summed E-state index contributed by atoms with van der Waals surface area (Å²) in [5.74, 6) is -2.38. The van der Waals surface area contributed by atoms with Gasteiger partial charge in [-0.1, -0.05) is 91.0 Å². The van der Waals surface area contributed by atoms with Crippen LogP contribution in [-0.2, 0) is 6.42 Å². The van der Waals surface area contributed by atoms with E-state index in [9.17, 15) is 10.2 Å². The van der Waals surface area contributed by atoms with Crippen molar-refractivity contribution in [3.63, 3.8) is 0 Å². The molecule has 2 N–H and O–H groups in total. The van der Waals surface area contributed by atoms with E-state index in [1.54, 1.807) is 0 Å². The summed E-state index contributed by atoms with van der Waals surface area (Å²) in [4.78, 5) is 0. The van der Waals surface area contributed by atoms with Crippen molar-refractivity contribution in [1.82, 2.24) is 0 Å². The van der Waals surface area contributed by atoms with Crippen molar-refractivity contribution in [3.05, 3.63) is 108 Å². The molecule has 0 amide bonds. The zero-order valence-corrected chi connectivity index (χ0v) is 12.8. The maximum Gasteiger partial charge on any atom is 0.177 e. The summed E-state index contributed by atoms with van der Waals surface area (Å²) in [5, 5.41) is 21.8. The van der Waals surface area contributed by atoms with Gasteiger partial charge in [0.05, 0.1) is 5.92 Å². The van der Waals surface area contributed by atoms with E-state index in [-0.39, 0.29) is 6.42 Å². The van der Waals surface area contributed by atoms with Gasteiger partial charge in [-0.05, 0) is 16.7 Å². The SMILES string of the molecule is OC(O)(Cc1ccccc1)C(c1ccccc1)c1ccccc1. The summed E-state index contributed by atoms with van der Waals surface area (Å²) in [6.45, 7) is 0. The molecular formula is C21H20O2. The molecule has 0 atom stereocenters. The molecule has 3 aromatic rings. The van der Waals surface area contributed by atoms with Gasteiger partial charge in [0.2, 0.25) is 0 Å². The van der Waals surface area contributed by atoms with Crippen LogP contribution in [-0.4, -0.2) is 16.0 Å². The normalized spacial score (nSPS) is 11.6. The van der Waals surface area contributed by atoms with E-state index in [0.717, 1.165) is 16.7 Å². The third-order valence-electron chi connectivity index (χ3n) is 4.04. The van der Waals surface area contributed by atoms with E-state index < -0.39 is 11.7 Å². The van der Waals surface area contributed by atoms with Gasteiger partial charge in [-0.3, -0.25) is 0 Å². The maximum atomic E-state index is 10.9. The van der Waals surface area contributed by atoms with E-state index >= 15 is 0 Å². The van der Waals surface area contributed by atoms with Crippen molar-refractivity contribution in [2.24, 2.45) is 0 Å². The van der Waals surface area contributed by atoms with Gasteiger partial charge in [0.15, 0.2) is 5.79 Å². The summed E-state index contributed by atoms with van der Waals surface area (Å²) in [5.41, 5.74) is 2.67. The lowest BCUT2D eigenvalue weighted by Gasteiger charge is -2.32. The van der Waals surface area contributed by atoms with E-state index in [1.165, 1.54) is 0 Å². The van der Waals surface area contributed by atoms with E-state index in [4.69, 9.17) is 0 Å². The molecule has 0 fully saturated rings. The molecular weight excluding hydrogens is 284 g/mol. The number of hydrogen-bond acceptors (Lipinski definition) is 2. The smallest absolute Gasteiger partial charge is 0.177 e. The number of benzene rings is 3. The highest BCUT2D eigenvalue weighted by Gasteiger charge is 2.36. The van der Waals surface area contributed by atoms with Crippen LogP contribution in [0, 0.1) is 0 Å². The van der Waals surface area contributed by atoms with Crippen LogP contribution in [0.2, 0.25) is 0 Å². The summed E-state index contributed by atoms with van der Waals surface area (Å²) < 4.78 is 0. The lowest BCUT2D eigenvalue weighted by Crippen LogP contribution is -2.39. The molecule has 23 heavy (non-hydrogen) atoms. The van der Waals surface area contributed by atoms with Crippen LogP contribution in [0.3, 0.4) is 0 Å². The minimum atomic E-state index is -1.87. The van der Waals surface area contributed by atoms with Crippen molar-refractivity contribution in [2.75, 3.05) is 0 Å². The van der Waals surface area contributed by atoms with Gasteiger partial charge in [-0.25, -0.2) is 0 Å². The fourth-order valence-corrected chi connectivity index (χ4v) is 3.02. The fourth-order valence-electron chi connectivity index (χ4n) is 3.02. The molecule has 0 aliphatic rings. The molecule has 2 heteroatoms. The van der Waals surface area contributed by atoms with Crippen molar-refractivity contribution < 1.29 is 10.2 Å². The molecule has 3 rings (SSSR count). The average molecular weight is 304 g/mol. The largest absolute Gasteiger partial charge is 0.365 e. The fraction of sp³-hybridized carbons (Fsp3) is 0.143. The molecule has 0 saturated carbocycles. The summed E-state index contributed by atoms with van der Waals surface area (Å²) >= 11 is 0. The van der Waals surface area contributed by atoms with Gasteiger partial charge >= 0.3 is 0 Å². The molecule has 3 aromatic carbocycles. The van der Waals surface area contributed by atoms with Crippen LogP contribution in [0.4, 0.5) is 0 Å². The monoisotopic (exact) mass is 304 g/mol. The second-order valence-corrected chi connectivity index (χ2v) is 5.80. The Morgan fingerprint density at radius 2 is 1.00 bits per heavy atom. The van der Waals surface area contributed by atoms with E-state index in [0.29, 0.717) is 0 Å². The molecule has 0 heterocycles. The second-order valence-electron chi connectivity index (χ2n) is 5.80. The number of aliphatic hydroxyl groups is 2. The van der Waals surface area contributed by atoms with Gasteiger partial charge in [-0.2, -0.15) is 0 Å². The van der Waals surface area contributed by atoms with Gasteiger partial charge in [0.25, 0.3) is 0 Å². The van der Waals surface area contributed by atoms with Crippen LogP contribution in [0.1, 0.15) is 22.6 Å². The first-order valence-electron chi connectivity index (χ1n) is 7.75. The van der Waals surface area contributed by atoms with Crippen molar-refractivity contribution in [2.45, 2.75) is 18.1 Å². The van der Waals surface area contributed by atoms with Crippen molar-refractivity contribution >= 4 is 0 Å². The van der Waals surface area contributed by atoms with Crippen LogP contribution in [0.15, 0.2) is 91.0 Å². The first-order valence-corrected chi connectivity index (χ1v) is 7.75. The lowest BCUT2D eigenvalue weighted by atomic mass is 9.81. The van der Waals surface area contributed by atoms with Crippen molar-refractivity contribution in [3.8, 4) is 0 Å². The van der Waals surface area contributed by atoms with Gasteiger partial charge < -0.3 is 10.2 Å². The molecule has 0 spiro atoms. The molecule has 0 unspecified atom stereocenters. The quantitative estimate of drug-likeness (QED) is 0.705. The molecule has 0 aliphatic carbocycles. The Kier molecular flexibility index (Phi) is 4.56. The molecule has 0 aromatic heterocycles. The molecule has 0 aliphatic heterocycles. The number of rotatable bonds is 5. The Morgan fingerprint density at radius 3 is 1.43 bits per heavy atom. The van der Waals surface area contributed by atoms with E-state index in [2.05, 4.69) is 0 Å². The third-order valence-corrected chi connectivity index (χ3v) is 4.04. The predicted octanol–water partition coefficient (Wildman–Crippen LogP) is 3.74. The van der Waals surface area contributed by atoms with Gasteiger partial charge in [0, 0.05) is 6.42 Å². The summed E-state index contributed by atoms with van der Waals surface area (Å²) in [7, 11) is 0. The molecule has 0 bridgehead atoms. The van der Waals surface area contributed by atoms with Crippen LogP contribution in [0.5, 0.6) is 0 Å². The first kappa shape index (κ1) is 15.5. The lowest BCUT2D eigenvalue weighted by molar-refractivity contribution is -0.169. The maximum absolute atomic E-state index is 10.9.